The van der Waals surface area contributed by atoms with Crippen molar-refractivity contribution in [2.75, 3.05) is 38.3 Å². The van der Waals surface area contributed by atoms with Crippen LogP contribution in [0.2, 0.25) is 0 Å². The minimum absolute atomic E-state index is 0.628. The van der Waals surface area contributed by atoms with Gasteiger partial charge in [0.2, 0.25) is 0 Å². The van der Waals surface area contributed by atoms with Crippen molar-refractivity contribution in [2.24, 2.45) is 5.92 Å². The van der Waals surface area contributed by atoms with E-state index in [2.05, 4.69) is 18.9 Å². The van der Waals surface area contributed by atoms with Crippen molar-refractivity contribution < 1.29 is 9.64 Å². The van der Waals surface area contributed by atoms with Gasteiger partial charge in [-0.25, -0.2) is 9.97 Å². The maximum atomic E-state index is 5.55. The minimum atomic E-state index is 0.628. The molecule has 0 bridgehead atoms. The standard InChI is InChI=1S/C23H34N4OS/c1-16-8-9-18-19(14-16)29-23-21(18)22(26(2)17-6-4-3-5-7-17)24-20(25-23)15-27-10-12-28-13-11-27/h16-17H,3-15H2,1-2H3/p+1/t16-/m1/s1. The average molecular weight is 416 g/mol. The molecule has 1 saturated heterocycles. The molecule has 3 heterocycles. The summed E-state index contributed by atoms with van der Waals surface area (Å²) in [6.45, 7) is 7.15. The van der Waals surface area contributed by atoms with Crippen LogP contribution >= 0.6 is 11.3 Å². The van der Waals surface area contributed by atoms with Gasteiger partial charge >= 0.3 is 0 Å². The summed E-state index contributed by atoms with van der Waals surface area (Å²) in [5.41, 5.74) is 1.56. The third-order valence-electron chi connectivity index (χ3n) is 7.25. The first-order valence-electron chi connectivity index (χ1n) is 11.6. The molecule has 1 saturated carbocycles. The molecule has 1 N–H and O–H groups in total. The number of quaternary nitrogens is 1. The molecule has 3 aliphatic rings. The van der Waals surface area contributed by atoms with Crippen LogP contribution in [0.15, 0.2) is 0 Å². The number of morpholine rings is 1. The highest BCUT2D eigenvalue weighted by Crippen LogP contribution is 2.41. The zero-order valence-electron chi connectivity index (χ0n) is 18.0. The Balaban J connectivity index is 1.55. The lowest BCUT2D eigenvalue weighted by Gasteiger charge is -2.33. The van der Waals surface area contributed by atoms with Crippen LogP contribution in [0, 0.1) is 5.92 Å². The van der Waals surface area contributed by atoms with E-state index in [1.165, 1.54) is 67.4 Å². The predicted octanol–water partition coefficient (Wildman–Crippen LogP) is 3.00. The van der Waals surface area contributed by atoms with Gasteiger partial charge in [-0.2, -0.15) is 0 Å². The second-order valence-corrected chi connectivity index (χ2v) is 10.5. The van der Waals surface area contributed by atoms with E-state index < -0.39 is 0 Å². The molecule has 2 aliphatic carbocycles. The van der Waals surface area contributed by atoms with E-state index in [0.29, 0.717) is 6.04 Å². The van der Waals surface area contributed by atoms with Crippen LogP contribution in [-0.2, 0) is 24.1 Å². The summed E-state index contributed by atoms with van der Waals surface area (Å²) in [4.78, 5) is 17.2. The highest BCUT2D eigenvalue weighted by Gasteiger charge is 2.28. The molecule has 0 radical (unpaired) electrons. The van der Waals surface area contributed by atoms with E-state index in [-0.39, 0.29) is 0 Å². The van der Waals surface area contributed by atoms with Gasteiger partial charge in [0.15, 0.2) is 5.82 Å². The maximum Gasteiger partial charge on any atom is 0.187 e. The van der Waals surface area contributed by atoms with Crippen molar-refractivity contribution in [1.29, 1.82) is 0 Å². The van der Waals surface area contributed by atoms with Crippen LogP contribution in [0.3, 0.4) is 0 Å². The summed E-state index contributed by atoms with van der Waals surface area (Å²) in [5, 5.41) is 1.38. The monoisotopic (exact) mass is 415 g/mol. The van der Waals surface area contributed by atoms with Gasteiger partial charge in [-0.15, -0.1) is 11.3 Å². The molecule has 2 aromatic heterocycles. The van der Waals surface area contributed by atoms with Crippen LogP contribution < -0.4 is 9.80 Å². The van der Waals surface area contributed by atoms with Gasteiger partial charge in [0.25, 0.3) is 0 Å². The van der Waals surface area contributed by atoms with Crippen molar-refractivity contribution in [3.05, 3.63) is 16.3 Å². The molecule has 6 heteroatoms. The maximum absolute atomic E-state index is 5.55. The number of hydrogen-bond donors (Lipinski definition) is 1. The van der Waals surface area contributed by atoms with E-state index in [4.69, 9.17) is 14.7 Å². The number of thiophene rings is 1. The number of ether oxygens (including phenoxy) is 1. The van der Waals surface area contributed by atoms with Crippen molar-refractivity contribution in [3.63, 3.8) is 0 Å². The Kier molecular flexibility index (Phi) is 5.76. The molecular weight excluding hydrogens is 380 g/mol. The van der Waals surface area contributed by atoms with E-state index >= 15 is 0 Å². The van der Waals surface area contributed by atoms with Gasteiger partial charge in [-0.3, -0.25) is 0 Å². The Morgan fingerprint density at radius 3 is 2.69 bits per heavy atom. The zero-order chi connectivity index (χ0) is 19.8. The number of rotatable bonds is 4. The first-order chi connectivity index (χ1) is 14.2. The number of aromatic nitrogens is 2. The molecular formula is C23H35N4OS+. The molecule has 0 aromatic carbocycles. The van der Waals surface area contributed by atoms with E-state index in [1.807, 2.05) is 11.3 Å². The van der Waals surface area contributed by atoms with Crippen LogP contribution in [-0.4, -0.2) is 49.4 Å². The largest absolute Gasteiger partial charge is 0.370 e. The van der Waals surface area contributed by atoms with Crippen LogP contribution in [0.4, 0.5) is 5.82 Å². The summed E-state index contributed by atoms with van der Waals surface area (Å²) in [7, 11) is 2.29. The SMILES string of the molecule is C[C@@H]1CCc2c(sc3nc(C[NH+]4CCOCC4)nc(N(C)C4CCCCC4)c23)C1. The Bertz CT molecular complexity index is 854. The van der Waals surface area contributed by atoms with Gasteiger partial charge in [0.1, 0.15) is 30.3 Å². The lowest BCUT2D eigenvalue weighted by Crippen LogP contribution is -3.12. The Hall–Kier alpha value is -1.24. The van der Waals surface area contributed by atoms with E-state index in [9.17, 15) is 0 Å². The van der Waals surface area contributed by atoms with Crippen molar-refractivity contribution in [3.8, 4) is 0 Å². The fourth-order valence-electron chi connectivity index (χ4n) is 5.40. The zero-order valence-corrected chi connectivity index (χ0v) is 18.8. The molecule has 5 nitrogen and oxygen atoms in total. The minimum Gasteiger partial charge on any atom is -0.370 e. The van der Waals surface area contributed by atoms with E-state index in [1.54, 1.807) is 15.3 Å². The Morgan fingerprint density at radius 2 is 1.90 bits per heavy atom. The number of nitrogens with one attached hydrogen (secondary N) is 1. The number of fused-ring (bicyclic) bond motifs is 3. The highest BCUT2D eigenvalue weighted by atomic mass is 32.1. The number of hydrogen-bond acceptors (Lipinski definition) is 5. The summed E-state index contributed by atoms with van der Waals surface area (Å²) in [6, 6.07) is 0.628. The fraction of sp³-hybridized carbons (Fsp3) is 0.739. The number of anilines is 1. The molecule has 0 amide bonds. The van der Waals surface area contributed by atoms with Gasteiger partial charge in [0.05, 0.1) is 18.6 Å². The average Bonchev–Trinajstić information content (AvgIpc) is 3.11. The molecule has 1 aliphatic heterocycles. The molecule has 1 atom stereocenters. The quantitative estimate of drug-likeness (QED) is 0.834. The van der Waals surface area contributed by atoms with Crippen molar-refractivity contribution in [2.45, 2.75) is 70.9 Å². The van der Waals surface area contributed by atoms with Gasteiger partial charge in [-0.1, -0.05) is 26.2 Å². The lowest BCUT2D eigenvalue weighted by molar-refractivity contribution is -0.922. The topological polar surface area (TPSA) is 42.7 Å². The third-order valence-corrected chi connectivity index (χ3v) is 8.40. The number of nitrogens with zero attached hydrogens (tertiary/aromatic N) is 3. The predicted molar refractivity (Wildman–Crippen MR) is 119 cm³/mol. The smallest absolute Gasteiger partial charge is 0.187 e. The lowest BCUT2D eigenvalue weighted by atomic mass is 9.89. The number of aryl methyl sites for hydroxylation is 1. The molecule has 5 rings (SSSR count). The first kappa shape index (κ1) is 19.7. The van der Waals surface area contributed by atoms with Crippen molar-refractivity contribution >= 4 is 27.4 Å². The van der Waals surface area contributed by atoms with E-state index in [0.717, 1.165) is 44.6 Å². The highest BCUT2D eigenvalue weighted by molar-refractivity contribution is 7.19. The molecule has 0 spiro atoms. The second-order valence-electron chi connectivity index (χ2n) is 9.44. The summed E-state index contributed by atoms with van der Waals surface area (Å²) < 4.78 is 5.55. The molecule has 29 heavy (non-hydrogen) atoms. The normalized spacial score (nSPS) is 24.0. The Morgan fingerprint density at radius 1 is 1.10 bits per heavy atom. The molecule has 158 valence electrons. The van der Waals surface area contributed by atoms with Crippen molar-refractivity contribution in [1.82, 2.24) is 9.97 Å². The van der Waals surface area contributed by atoms with Gasteiger partial charge in [-0.05, 0) is 43.6 Å². The van der Waals surface area contributed by atoms with Gasteiger partial charge < -0.3 is 14.5 Å². The van der Waals surface area contributed by atoms with Crippen LogP contribution in [0.5, 0.6) is 0 Å². The van der Waals surface area contributed by atoms with Gasteiger partial charge in [0, 0.05) is 18.0 Å². The molecule has 2 aromatic rings. The van der Waals surface area contributed by atoms with Crippen LogP contribution in [0.25, 0.3) is 10.2 Å². The fourth-order valence-corrected chi connectivity index (χ4v) is 6.80. The third kappa shape index (κ3) is 4.04. The molecule has 2 fully saturated rings. The Labute approximate surface area is 178 Å². The second kappa shape index (κ2) is 8.48. The summed E-state index contributed by atoms with van der Waals surface area (Å²) >= 11 is 1.95. The van der Waals surface area contributed by atoms with Crippen LogP contribution in [0.1, 0.15) is 61.7 Å². The first-order valence-corrected chi connectivity index (χ1v) is 12.5. The summed E-state index contributed by atoms with van der Waals surface area (Å²) in [6.07, 6.45) is 10.4. The summed E-state index contributed by atoms with van der Waals surface area (Å²) in [5.74, 6) is 3.04. The molecule has 0 unspecified atom stereocenters.